The van der Waals surface area contributed by atoms with Gasteiger partial charge in [-0.1, -0.05) is 11.6 Å². The molecule has 1 N–H and O–H groups in total. The van der Waals surface area contributed by atoms with Crippen molar-refractivity contribution in [2.45, 2.75) is 4.90 Å². The molecule has 3 rings (SSSR count). The van der Waals surface area contributed by atoms with Crippen molar-refractivity contribution >= 4 is 33.2 Å². The summed E-state index contributed by atoms with van der Waals surface area (Å²) in [5.74, 6) is 0.951. The van der Waals surface area contributed by atoms with Crippen LogP contribution >= 0.6 is 11.6 Å². The molecule has 0 aliphatic rings. The fourth-order valence-corrected chi connectivity index (χ4v) is 4.16. The fourth-order valence-electron chi connectivity index (χ4n) is 2.83. The van der Waals surface area contributed by atoms with Crippen LogP contribution in [0, 0.1) is 0 Å². The van der Waals surface area contributed by atoms with Crippen LogP contribution in [0.15, 0.2) is 77.7 Å². The number of rotatable bonds is 9. The maximum Gasteiger partial charge on any atom is 0.264 e. The summed E-state index contributed by atoms with van der Waals surface area (Å²) in [6.45, 7) is 0.614. The molecule has 7 nitrogen and oxygen atoms in total. The van der Waals surface area contributed by atoms with Crippen LogP contribution < -0.4 is 19.1 Å². The predicted octanol–water partition coefficient (Wildman–Crippen LogP) is 3.98. The molecule has 0 fully saturated rings. The second-order valence-electron chi connectivity index (χ2n) is 6.75. The second-order valence-corrected chi connectivity index (χ2v) is 9.16. The first kappa shape index (κ1) is 23.4. The Hall–Kier alpha value is -3.23. The standard InChI is InChI=1S/C23H23ClN2O5S/c1-26(32(28,29)22-13-11-20(30-2)12-14-22)19-7-3-17(4-8-19)23(27)25-15-16-31-21-9-5-18(24)6-10-21/h3-14H,15-16H2,1-2H3,(H,25,27). The molecule has 0 aliphatic carbocycles. The highest BCUT2D eigenvalue weighted by Crippen LogP contribution is 2.24. The van der Waals surface area contributed by atoms with Gasteiger partial charge in [0.2, 0.25) is 0 Å². The van der Waals surface area contributed by atoms with E-state index in [9.17, 15) is 13.2 Å². The molecule has 0 saturated carbocycles. The minimum absolute atomic E-state index is 0.142. The third-order valence-electron chi connectivity index (χ3n) is 4.68. The van der Waals surface area contributed by atoms with Gasteiger partial charge in [0.25, 0.3) is 15.9 Å². The summed E-state index contributed by atoms with van der Waals surface area (Å²) < 4.78 is 37.5. The number of anilines is 1. The van der Waals surface area contributed by atoms with Crippen LogP contribution in [0.2, 0.25) is 5.02 Å². The Kier molecular flexibility index (Phi) is 7.61. The van der Waals surface area contributed by atoms with Gasteiger partial charge in [0.1, 0.15) is 18.1 Å². The van der Waals surface area contributed by atoms with Crippen LogP contribution in [0.3, 0.4) is 0 Å². The summed E-state index contributed by atoms with van der Waals surface area (Å²) in [6.07, 6.45) is 0. The number of hydrogen-bond acceptors (Lipinski definition) is 5. The van der Waals surface area contributed by atoms with E-state index >= 15 is 0 Å². The molecule has 0 atom stereocenters. The fraction of sp³-hybridized carbons (Fsp3) is 0.174. The molecule has 0 aromatic heterocycles. The maximum atomic E-state index is 12.8. The van der Waals surface area contributed by atoms with E-state index in [-0.39, 0.29) is 10.8 Å². The van der Waals surface area contributed by atoms with Gasteiger partial charge in [0.05, 0.1) is 24.2 Å². The molecule has 9 heteroatoms. The largest absolute Gasteiger partial charge is 0.497 e. The van der Waals surface area contributed by atoms with Gasteiger partial charge >= 0.3 is 0 Å². The molecule has 168 valence electrons. The van der Waals surface area contributed by atoms with Gasteiger partial charge in [0, 0.05) is 17.6 Å². The first-order chi connectivity index (χ1) is 15.3. The molecule has 0 unspecified atom stereocenters. The summed E-state index contributed by atoms with van der Waals surface area (Å²) in [5.41, 5.74) is 0.846. The Morgan fingerprint density at radius 1 is 0.938 bits per heavy atom. The molecule has 0 saturated heterocycles. The highest BCUT2D eigenvalue weighted by molar-refractivity contribution is 7.92. The molecule has 3 aromatic carbocycles. The summed E-state index contributed by atoms with van der Waals surface area (Å²) in [7, 11) is -0.769. The van der Waals surface area contributed by atoms with Crippen LogP contribution in [-0.4, -0.2) is 41.6 Å². The Balaban J connectivity index is 1.57. The van der Waals surface area contributed by atoms with Gasteiger partial charge in [-0.05, 0) is 72.8 Å². The molecule has 1 amide bonds. The Bertz CT molecular complexity index is 1150. The smallest absolute Gasteiger partial charge is 0.264 e. The highest BCUT2D eigenvalue weighted by atomic mass is 35.5. The number of carbonyl (C=O) groups excluding carboxylic acids is 1. The lowest BCUT2D eigenvalue weighted by Crippen LogP contribution is -2.28. The third-order valence-corrected chi connectivity index (χ3v) is 6.73. The lowest BCUT2D eigenvalue weighted by Gasteiger charge is -2.20. The van der Waals surface area contributed by atoms with Crippen molar-refractivity contribution in [1.82, 2.24) is 5.32 Å². The minimum atomic E-state index is -3.74. The van der Waals surface area contributed by atoms with E-state index in [1.807, 2.05) is 0 Å². The number of hydrogen-bond donors (Lipinski definition) is 1. The number of benzene rings is 3. The average Bonchev–Trinajstić information content (AvgIpc) is 2.82. The number of halogens is 1. The highest BCUT2D eigenvalue weighted by Gasteiger charge is 2.21. The molecule has 3 aromatic rings. The molecular weight excluding hydrogens is 452 g/mol. The van der Waals surface area contributed by atoms with Gasteiger partial charge in [-0.3, -0.25) is 9.10 Å². The van der Waals surface area contributed by atoms with Gasteiger partial charge in [-0.2, -0.15) is 0 Å². The van der Waals surface area contributed by atoms with Crippen LogP contribution in [0.1, 0.15) is 10.4 Å². The van der Waals surface area contributed by atoms with Crippen molar-refractivity contribution in [2.24, 2.45) is 0 Å². The van der Waals surface area contributed by atoms with Crippen LogP contribution in [0.4, 0.5) is 5.69 Å². The van der Waals surface area contributed by atoms with Gasteiger partial charge in [-0.15, -0.1) is 0 Å². The van der Waals surface area contributed by atoms with Crippen molar-refractivity contribution in [3.63, 3.8) is 0 Å². The van der Waals surface area contributed by atoms with Crippen molar-refractivity contribution in [1.29, 1.82) is 0 Å². The number of sulfonamides is 1. The Morgan fingerprint density at radius 3 is 2.12 bits per heavy atom. The summed E-state index contributed by atoms with van der Waals surface area (Å²) >= 11 is 5.83. The van der Waals surface area contributed by atoms with E-state index in [1.54, 1.807) is 60.7 Å². The summed E-state index contributed by atoms with van der Waals surface area (Å²) in [5, 5.41) is 3.38. The van der Waals surface area contributed by atoms with Gasteiger partial charge in [-0.25, -0.2) is 8.42 Å². The second kappa shape index (κ2) is 10.4. The van der Waals surface area contributed by atoms with Gasteiger partial charge < -0.3 is 14.8 Å². The normalized spacial score (nSPS) is 11.0. The van der Waals surface area contributed by atoms with E-state index in [0.717, 1.165) is 4.31 Å². The van der Waals surface area contributed by atoms with Crippen molar-refractivity contribution in [2.75, 3.05) is 31.6 Å². The Morgan fingerprint density at radius 2 is 1.53 bits per heavy atom. The number of ether oxygens (including phenoxy) is 2. The molecule has 0 spiro atoms. The number of nitrogens with one attached hydrogen (secondary N) is 1. The minimum Gasteiger partial charge on any atom is -0.497 e. The third kappa shape index (κ3) is 5.72. The van der Waals surface area contributed by atoms with E-state index in [4.69, 9.17) is 21.1 Å². The quantitative estimate of drug-likeness (QED) is 0.474. The number of amides is 1. The van der Waals surface area contributed by atoms with E-state index in [0.29, 0.717) is 40.9 Å². The summed E-state index contributed by atoms with van der Waals surface area (Å²) in [4.78, 5) is 12.5. The Labute approximate surface area is 192 Å². The molecule has 0 heterocycles. The van der Waals surface area contributed by atoms with Crippen LogP contribution in [0.25, 0.3) is 0 Å². The van der Waals surface area contributed by atoms with Gasteiger partial charge in [0.15, 0.2) is 0 Å². The van der Waals surface area contributed by atoms with Crippen LogP contribution in [0.5, 0.6) is 11.5 Å². The zero-order valence-corrected chi connectivity index (χ0v) is 19.2. The topological polar surface area (TPSA) is 84.9 Å². The van der Waals surface area contributed by atoms with Crippen molar-refractivity contribution in [3.05, 3.63) is 83.4 Å². The monoisotopic (exact) mass is 474 g/mol. The van der Waals surface area contributed by atoms with Crippen molar-refractivity contribution < 1.29 is 22.7 Å². The lowest BCUT2D eigenvalue weighted by atomic mass is 10.2. The van der Waals surface area contributed by atoms with E-state index in [1.165, 1.54) is 26.3 Å². The zero-order chi connectivity index (χ0) is 23.1. The molecular formula is C23H23ClN2O5S. The SMILES string of the molecule is COc1ccc(S(=O)(=O)N(C)c2ccc(C(=O)NCCOc3ccc(Cl)cc3)cc2)cc1. The average molecular weight is 475 g/mol. The zero-order valence-electron chi connectivity index (χ0n) is 17.6. The first-order valence-electron chi connectivity index (χ1n) is 9.71. The molecule has 0 radical (unpaired) electrons. The maximum absolute atomic E-state index is 12.8. The van der Waals surface area contributed by atoms with E-state index in [2.05, 4.69) is 5.32 Å². The number of methoxy groups -OCH3 is 1. The first-order valence-corrected chi connectivity index (χ1v) is 11.5. The molecule has 32 heavy (non-hydrogen) atoms. The lowest BCUT2D eigenvalue weighted by molar-refractivity contribution is 0.0947. The number of nitrogens with zero attached hydrogens (tertiary/aromatic N) is 1. The molecule has 0 aliphatic heterocycles. The number of carbonyl (C=O) groups is 1. The summed E-state index contributed by atoms with van der Waals surface area (Å²) in [6, 6.07) is 19.4. The van der Waals surface area contributed by atoms with E-state index < -0.39 is 10.0 Å². The van der Waals surface area contributed by atoms with Crippen molar-refractivity contribution in [3.8, 4) is 11.5 Å². The molecule has 0 bridgehead atoms. The predicted molar refractivity (Wildman–Crippen MR) is 124 cm³/mol. The van der Waals surface area contributed by atoms with Crippen LogP contribution in [-0.2, 0) is 10.0 Å².